The summed E-state index contributed by atoms with van der Waals surface area (Å²) >= 11 is 13.5. The highest BCUT2D eigenvalue weighted by atomic mass is 79.9. The maximum absolute atomic E-state index is 9.53. The van der Waals surface area contributed by atoms with Crippen molar-refractivity contribution in [2.24, 2.45) is 0 Å². The van der Waals surface area contributed by atoms with Crippen LogP contribution in [-0.4, -0.2) is 41.7 Å². The standard InChI is InChI=1S/C6H8Br4O2/c7-1-2(8)4(10)6(12)5(11)3(1)9/h1-6,11-12H/t1-,2-,3-,4+,5+,6-/m0/s1. The van der Waals surface area contributed by atoms with Crippen LogP contribution in [0.1, 0.15) is 0 Å². The van der Waals surface area contributed by atoms with E-state index in [0.717, 1.165) is 0 Å². The van der Waals surface area contributed by atoms with Gasteiger partial charge >= 0.3 is 0 Å². The van der Waals surface area contributed by atoms with Crippen molar-refractivity contribution in [1.29, 1.82) is 0 Å². The second kappa shape index (κ2) is 4.57. The first-order chi connectivity index (χ1) is 5.46. The van der Waals surface area contributed by atoms with E-state index < -0.39 is 12.2 Å². The molecular formula is C6H8Br4O2. The quantitative estimate of drug-likeness (QED) is 0.574. The van der Waals surface area contributed by atoms with Crippen LogP contribution >= 0.6 is 63.7 Å². The van der Waals surface area contributed by atoms with Gasteiger partial charge in [0.2, 0.25) is 0 Å². The van der Waals surface area contributed by atoms with Gasteiger partial charge in [0.05, 0.1) is 21.9 Å². The molecule has 1 aliphatic rings. The fourth-order valence-corrected chi connectivity index (χ4v) is 4.49. The average Bonchev–Trinajstić information content (AvgIpc) is 2.08. The summed E-state index contributed by atoms with van der Waals surface area (Å²) in [7, 11) is 0. The van der Waals surface area contributed by atoms with Crippen molar-refractivity contribution in [3.63, 3.8) is 0 Å². The zero-order valence-corrected chi connectivity index (χ0v) is 12.2. The molecule has 1 fully saturated rings. The van der Waals surface area contributed by atoms with Crippen molar-refractivity contribution in [2.45, 2.75) is 31.5 Å². The Hall–Kier alpha value is 1.84. The van der Waals surface area contributed by atoms with Crippen LogP contribution in [0.2, 0.25) is 0 Å². The first kappa shape index (κ1) is 11.9. The van der Waals surface area contributed by atoms with Crippen LogP contribution in [0.15, 0.2) is 0 Å². The van der Waals surface area contributed by atoms with Crippen LogP contribution < -0.4 is 0 Å². The summed E-state index contributed by atoms with van der Waals surface area (Å²) in [4.78, 5) is -0.0723. The lowest BCUT2D eigenvalue weighted by atomic mass is 9.94. The fraction of sp³-hybridized carbons (Fsp3) is 1.00. The zero-order valence-electron chi connectivity index (χ0n) is 5.87. The maximum Gasteiger partial charge on any atom is 0.0946 e. The molecule has 1 rings (SSSR count). The number of hydrogen-bond donors (Lipinski definition) is 2. The molecule has 6 heteroatoms. The molecule has 12 heavy (non-hydrogen) atoms. The second-order valence-electron chi connectivity index (χ2n) is 2.76. The molecule has 0 heterocycles. The predicted octanol–water partition coefficient (Wildman–Crippen LogP) is 1.78. The summed E-state index contributed by atoms with van der Waals surface area (Å²) in [6, 6.07) is 0. The van der Waals surface area contributed by atoms with E-state index in [1.165, 1.54) is 0 Å². The molecule has 2 N–H and O–H groups in total. The Balaban J connectivity index is 2.76. The highest BCUT2D eigenvalue weighted by Gasteiger charge is 2.45. The van der Waals surface area contributed by atoms with Crippen LogP contribution in [-0.2, 0) is 0 Å². The zero-order chi connectivity index (χ0) is 9.46. The molecule has 1 saturated carbocycles. The van der Waals surface area contributed by atoms with Gasteiger partial charge in [-0.3, -0.25) is 0 Å². The van der Waals surface area contributed by atoms with Gasteiger partial charge in [-0.25, -0.2) is 0 Å². The Kier molecular flexibility index (Phi) is 4.54. The third-order valence-corrected chi connectivity index (χ3v) is 8.54. The molecule has 0 radical (unpaired) electrons. The van der Waals surface area contributed by atoms with Crippen molar-refractivity contribution < 1.29 is 10.2 Å². The molecule has 0 unspecified atom stereocenters. The van der Waals surface area contributed by atoms with E-state index in [1.807, 2.05) is 0 Å². The second-order valence-corrected chi connectivity index (χ2v) is 6.99. The summed E-state index contributed by atoms with van der Waals surface area (Å²) in [5.41, 5.74) is 0. The number of rotatable bonds is 0. The van der Waals surface area contributed by atoms with Gasteiger partial charge in [-0.1, -0.05) is 63.7 Å². The van der Waals surface area contributed by atoms with E-state index >= 15 is 0 Å². The van der Waals surface area contributed by atoms with Crippen molar-refractivity contribution in [1.82, 2.24) is 0 Å². The lowest BCUT2D eigenvalue weighted by Gasteiger charge is -2.39. The lowest BCUT2D eigenvalue weighted by molar-refractivity contribution is 0.00688. The van der Waals surface area contributed by atoms with Gasteiger partial charge < -0.3 is 10.2 Å². The normalized spacial score (nSPS) is 55.5. The van der Waals surface area contributed by atoms with E-state index in [4.69, 9.17) is 0 Å². The SMILES string of the molecule is O[C@@H]1[C@H](O)[C@@H](Br)[C@@H](Br)[C@H](Br)[C@H]1Br. The van der Waals surface area contributed by atoms with Gasteiger partial charge in [-0.05, 0) is 0 Å². The van der Waals surface area contributed by atoms with Gasteiger partial charge in [-0.15, -0.1) is 0 Å². The highest BCUT2D eigenvalue weighted by Crippen LogP contribution is 2.38. The summed E-state index contributed by atoms with van der Waals surface area (Å²) in [5.74, 6) is 0. The van der Waals surface area contributed by atoms with Gasteiger partial charge in [0, 0.05) is 9.65 Å². The Morgan fingerprint density at radius 3 is 1.08 bits per heavy atom. The number of hydrogen-bond acceptors (Lipinski definition) is 2. The largest absolute Gasteiger partial charge is 0.389 e. The molecule has 1 aliphatic carbocycles. The minimum absolute atomic E-state index is 0.0975. The number of halogens is 4. The predicted molar refractivity (Wildman–Crippen MR) is 62.9 cm³/mol. The smallest absolute Gasteiger partial charge is 0.0946 e. The molecule has 0 aromatic carbocycles. The first-order valence-electron chi connectivity index (χ1n) is 3.39. The van der Waals surface area contributed by atoms with E-state index in [9.17, 15) is 10.2 Å². The van der Waals surface area contributed by atoms with Crippen LogP contribution in [0.5, 0.6) is 0 Å². The van der Waals surface area contributed by atoms with Crippen molar-refractivity contribution in [3.05, 3.63) is 0 Å². The Morgan fingerprint density at radius 2 is 0.833 bits per heavy atom. The summed E-state index contributed by atoms with van der Waals surface area (Å²) in [6.07, 6.45) is -1.49. The monoisotopic (exact) mass is 428 g/mol. The Morgan fingerprint density at radius 1 is 0.583 bits per heavy atom. The summed E-state index contributed by atoms with van der Waals surface area (Å²) < 4.78 is 0. The fourth-order valence-electron chi connectivity index (χ4n) is 1.10. The minimum atomic E-state index is -0.743. The molecule has 72 valence electrons. The molecule has 0 spiro atoms. The average molecular weight is 432 g/mol. The van der Waals surface area contributed by atoms with Crippen LogP contribution in [0, 0.1) is 0 Å². The third kappa shape index (κ3) is 2.08. The molecule has 0 amide bonds. The third-order valence-electron chi connectivity index (χ3n) is 1.92. The molecule has 0 aromatic heterocycles. The lowest BCUT2D eigenvalue weighted by Crippen LogP contribution is -2.55. The van der Waals surface area contributed by atoms with Gasteiger partial charge in [0.1, 0.15) is 0 Å². The van der Waals surface area contributed by atoms with Crippen LogP contribution in [0.25, 0.3) is 0 Å². The molecule has 0 bridgehead atoms. The molecule has 0 aliphatic heterocycles. The summed E-state index contributed by atoms with van der Waals surface area (Å²) in [5, 5.41) is 19.1. The maximum atomic E-state index is 9.53. The molecular weight excluding hydrogens is 424 g/mol. The van der Waals surface area contributed by atoms with E-state index in [0.29, 0.717) is 0 Å². The number of aliphatic hydroxyl groups is 2. The molecule has 2 nitrogen and oxygen atoms in total. The number of aliphatic hydroxyl groups excluding tert-OH is 2. The summed E-state index contributed by atoms with van der Waals surface area (Å²) in [6.45, 7) is 0. The number of alkyl halides is 4. The van der Waals surface area contributed by atoms with Gasteiger partial charge in [0.15, 0.2) is 0 Å². The van der Waals surface area contributed by atoms with E-state index in [2.05, 4.69) is 63.7 Å². The van der Waals surface area contributed by atoms with E-state index in [1.54, 1.807) is 0 Å². The first-order valence-corrected chi connectivity index (χ1v) is 7.05. The van der Waals surface area contributed by atoms with Crippen LogP contribution in [0.3, 0.4) is 0 Å². The van der Waals surface area contributed by atoms with E-state index in [-0.39, 0.29) is 19.3 Å². The highest BCUT2D eigenvalue weighted by molar-refractivity contribution is 9.14. The van der Waals surface area contributed by atoms with Gasteiger partial charge in [-0.2, -0.15) is 0 Å². The van der Waals surface area contributed by atoms with Crippen molar-refractivity contribution >= 4 is 63.7 Å². The van der Waals surface area contributed by atoms with Crippen molar-refractivity contribution in [2.75, 3.05) is 0 Å². The van der Waals surface area contributed by atoms with Gasteiger partial charge in [0.25, 0.3) is 0 Å². The van der Waals surface area contributed by atoms with Crippen LogP contribution in [0.4, 0.5) is 0 Å². The Bertz CT molecular complexity index is 109. The molecule has 6 atom stereocenters. The minimum Gasteiger partial charge on any atom is -0.389 e. The van der Waals surface area contributed by atoms with Crippen molar-refractivity contribution in [3.8, 4) is 0 Å². The topological polar surface area (TPSA) is 40.5 Å². The molecule has 0 saturated heterocycles. The Labute approximate surface area is 105 Å². The molecule has 0 aromatic rings.